The van der Waals surface area contributed by atoms with Crippen LogP contribution in [-0.4, -0.2) is 8.41 Å². The van der Waals surface area contributed by atoms with E-state index < -0.39 is 34.4 Å². The van der Waals surface area contributed by atoms with Gasteiger partial charge in [-0.05, 0) is 0 Å². The largest absolute Gasteiger partial charge is 0.202 e. The lowest BCUT2D eigenvalue weighted by Crippen LogP contribution is -2.04. The molecule has 0 saturated heterocycles. The second-order valence-corrected chi connectivity index (χ2v) is 2.23. The molecular weight excluding hydrogens is 211 g/mol. The summed E-state index contributed by atoms with van der Waals surface area (Å²) >= 11 is 0. The summed E-state index contributed by atoms with van der Waals surface area (Å²) in [6.45, 7) is 0. The first-order valence-electron chi connectivity index (χ1n) is 3.20. The van der Waals surface area contributed by atoms with E-state index in [9.17, 15) is 17.6 Å². The van der Waals surface area contributed by atoms with Crippen LogP contribution >= 0.6 is 0 Å². The van der Waals surface area contributed by atoms with Crippen molar-refractivity contribution in [1.82, 2.24) is 0 Å². The van der Waals surface area contributed by atoms with E-state index in [0.717, 1.165) is 12.1 Å². The molecule has 0 bridgehead atoms. The average molecular weight is 211 g/mol. The van der Waals surface area contributed by atoms with Crippen molar-refractivity contribution in [2.75, 3.05) is 0 Å². The maximum atomic E-state index is 12.7. The Kier molecular flexibility index (Phi) is 3.87. The highest BCUT2D eigenvalue weighted by molar-refractivity contribution is 5.75. The van der Waals surface area contributed by atoms with Crippen molar-refractivity contribution in [2.24, 2.45) is 0 Å². The smallest absolute Gasteiger partial charge is 0.181 e. The maximum absolute atomic E-state index is 12.7. The third-order valence-corrected chi connectivity index (χ3v) is 1.49. The number of hydrogen-bond donors (Lipinski definition) is 0. The molecular formula is C8BF4N2. The summed E-state index contributed by atoms with van der Waals surface area (Å²) in [6, 6.07) is 1.91. The number of nitrogens with zero attached hydrogens (tertiary/aromatic N) is 2. The highest BCUT2D eigenvalue weighted by atomic mass is 19.2. The Morgan fingerprint density at radius 1 is 0.667 bits per heavy atom. The third kappa shape index (κ3) is 1.77. The Hall–Kier alpha value is -2.02. The molecule has 0 N–H and O–H groups in total. The van der Waals surface area contributed by atoms with Gasteiger partial charge >= 0.3 is 0 Å². The lowest BCUT2D eigenvalue weighted by atomic mass is 10.1. The second kappa shape index (κ2) is 4.47. The molecule has 2 nitrogen and oxygen atoms in total. The van der Waals surface area contributed by atoms with E-state index in [0.29, 0.717) is 0 Å². The minimum atomic E-state index is -1.86. The first-order chi connectivity index (χ1) is 6.54. The van der Waals surface area contributed by atoms with E-state index in [2.05, 4.69) is 0 Å². The average Bonchev–Trinajstić information content (AvgIpc) is 2.17. The summed E-state index contributed by atoms with van der Waals surface area (Å²) < 4.78 is 50.9. The van der Waals surface area contributed by atoms with Crippen molar-refractivity contribution in [2.45, 2.75) is 0 Å². The molecule has 7 heteroatoms. The van der Waals surface area contributed by atoms with Gasteiger partial charge in [0.25, 0.3) is 0 Å². The Morgan fingerprint density at radius 2 is 0.867 bits per heavy atom. The van der Waals surface area contributed by atoms with Crippen LogP contribution in [-0.2, 0) is 0 Å². The summed E-state index contributed by atoms with van der Waals surface area (Å²) in [6.07, 6.45) is 0. The van der Waals surface area contributed by atoms with Crippen molar-refractivity contribution >= 4 is 8.41 Å². The van der Waals surface area contributed by atoms with E-state index in [1.54, 1.807) is 0 Å². The van der Waals surface area contributed by atoms with Crippen LogP contribution in [0.5, 0.6) is 0 Å². The van der Waals surface area contributed by atoms with Gasteiger partial charge in [0.15, 0.2) is 23.3 Å². The summed E-state index contributed by atoms with van der Waals surface area (Å²) in [5.41, 5.74) is -2.75. The number of rotatable bonds is 0. The van der Waals surface area contributed by atoms with Gasteiger partial charge in [-0.25, -0.2) is 17.6 Å². The molecule has 0 aliphatic heterocycles. The molecule has 1 aromatic carbocycles. The van der Waals surface area contributed by atoms with Crippen molar-refractivity contribution in [3.63, 3.8) is 0 Å². The Labute approximate surface area is 83.9 Å². The Morgan fingerprint density at radius 3 is 1.00 bits per heavy atom. The lowest BCUT2D eigenvalue weighted by molar-refractivity contribution is 0.446. The molecule has 0 amide bonds. The predicted molar refractivity (Wildman–Crippen MR) is 41.5 cm³/mol. The summed E-state index contributed by atoms with van der Waals surface area (Å²) in [5.74, 6) is -7.43. The van der Waals surface area contributed by atoms with Crippen molar-refractivity contribution in [1.29, 1.82) is 10.5 Å². The predicted octanol–water partition coefficient (Wildman–Crippen LogP) is 1.61. The van der Waals surface area contributed by atoms with E-state index >= 15 is 0 Å². The van der Waals surface area contributed by atoms with Crippen LogP contribution < -0.4 is 0 Å². The van der Waals surface area contributed by atoms with Gasteiger partial charge in [-0.15, -0.1) is 0 Å². The molecule has 0 unspecified atom stereocenters. The van der Waals surface area contributed by atoms with Gasteiger partial charge in [0, 0.05) is 8.41 Å². The number of benzene rings is 1. The van der Waals surface area contributed by atoms with E-state index in [-0.39, 0.29) is 8.41 Å². The van der Waals surface area contributed by atoms with Gasteiger partial charge < -0.3 is 0 Å². The zero-order chi connectivity index (χ0) is 10.9. The van der Waals surface area contributed by atoms with Gasteiger partial charge in [-0.2, -0.15) is 10.5 Å². The van der Waals surface area contributed by atoms with Gasteiger partial charge in [-0.1, -0.05) is 0 Å². The van der Waals surface area contributed by atoms with Crippen molar-refractivity contribution in [3.8, 4) is 12.1 Å². The minimum absolute atomic E-state index is 0. The summed E-state index contributed by atoms with van der Waals surface area (Å²) in [7, 11) is 0. The van der Waals surface area contributed by atoms with Gasteiger partial charge in [0.2, 0.25) is 0 Å². The first-order valence-corrected chi connectivity index (χ1v) is 3.20. The molecule has 0 heterocycles. The molecule has 0 aromatic heterocycles. The number of halogens is 4. The van der Waals surface area contributed by atoms with E-state index in [1.165, 1.54) is 0 Å². The van der Waals surface area contributed by atoms with Gasteiger partial charge in [-0.3, -0.25) is 0 Å². The Balaban J connectivity index is 0.00000196. The van der Waals surface area contributed by atoms with E-state index in [4.69, 9.17) is 10.5 Å². The van der Waals surface area contributed by atoms with Crippen molar-refractivity contribution < 1.29 is 17.6 Å². The number of hydrogen-bond acceptors (Lipinski definition) is 2. The topological polar surface area (TPSA) is 47.6 Å². The first kappa shape index (κ1) is 13.0. The maximum Gasteiger partial charge on any atom is 0.181 e. The van der Waals surface area contributed by atoms with E-state index in [1.807, 2.05) is 0 Å². The molecule has 15 heavy (non-hydrogen) atoms. The molecule has 0 aliphatic carbocycles. The minimum Gasteiger partial charge on any atom is -0.202 e. The third-order valence-electron chi connectivity index (χ3n) is 1.49. The van der Waals surface area contributed by atoms with Crippen LogP contribution in [0.3, 0.4) is 0 Å². The molecule has 0 fully saturated rings. The SMILES string of the molecule is N#Cc1c(F)c(F)c(C#N)c(F)c1F.[B]. The fourth-order valence-corrected chi connectivity index (χ4v) is 0.828. The molecule has 3 radical (unpaired) electrons. The molecule has 1 aromatic rings. The van der Waals surface area contributed by atoms with Gasteiger partial charge in [0.05, 0.1) is 0 Å². The quantitative estimate of drug-likeness (QED) is 0.371. The monoisotopic (exact) mass is 211 g/mol. The number of nitriles is 2. The van der Waals surface area contributed by atoms with Crippen LogP contribution in [0.2, 0.25) is 0 Å². The highest BCUT2D eigenvalue weighted by Crippen LogP contribution is 2.22. The molecule has 0 saturated carbocycles. The van der Waals surface area contributed by atoms with Gasteiger partial charge in [0.1, 0.15) is 23.3 Å². The van der Waals surface area contributed by atoms with Crippen LogP contribution in [0.1, 0.15) is 11.1 Å². The van der Waals surface area contributed by atoms with Crippen molar-refractivity contribution in [3.05, 3.63) is 34.4 Å². The molecule has 1 rings (SSSR count). The Bertz CT molecular complexity index is 413. The fourth-order valence-electron chi connectivity index (χ4n) is 0.828. The lowest BCUT2D eigenvalue weighted by Gasteiger charge is -2.01. The molecule has 0 aliphatic rings. The normalized spacial score (nSPS) is 8.67. The van der Waals surface area contributed by atoms with Crippen LogP contribution in [0.15, 0.2) is 0 Å². The van der Waals surface area contributed by atoms with Crippen LogP contribution in [0.25, 0.3) is 0 Å². The molecule has 0 spiro atoms. The van der Waals surface area contributed by atoms with Crippen LogP contribution in [0.4, 0.5) is 17.6 Å². The standard InChI is InChI=1S/C8F4N2.B/c9-5-3(1-13)6(10)8(12)4(2-14)7(5)11;. The summed E-state index contributed by atoms with van der Waals surface area (Å²) in [4.78, 5) is 0. The fraction of sp³-hybridized carbons (Fsp3) is 0. The highest BCUT2D eigenvalue weighted by Gasteiger charge is 2.24. The second-order valence-electron chi connectivity index (χ2n) is 2.23. The zero-order valence-electron chi connectivity index (χ0n) is 6.98. The molecule has 0 atom stereocenters. The zero-order valence-corrected chi connectivity index (χ0v) is 6.98. The van der Waals surface area contributed by atoms with Crippen LogP contribution in [0, 0.1) is 45.9 Å². The summed E-state index contributed by atoms with van der Waals surface area (Å²) in [5, 5.41) is 16.3. The molecule has 73 valence electrons.